The van der Waals surface area contributed by atoms with Crippen LogP contribution in [0.15, 0.2) is 64.2 Å². The fourth-order valence-electron chi connectivity index (χ4n) is 4.43. The number of fused-ring (bicyclic) bond motifs is 3. The van der Waals surface area contributed by atoms with E-state index in [-0.39, 0.29) is 23.0 Å². The van der Waals surface area contributed by atoms with Crippen molar-refractivity contribution < 1.29 is 4.39 Å². The van der Waals surface area contributed by atoms with Crippen molar-refractivity contribution in [2.24, 2.45) is 13.0 Å². The van der Waals surface area contributed by atoms with Crippen LogP contribution in [0.2, 0.25) is 0 Å². The monoisotopic (exact) mass is 433 g/mol. The second-order valence-corrected chi connectivity index (χ2v) is 8.42. The largest absolute Gasteiger partial charge is 0.332 e. The normalized spacial score (nSPS) is 15.8. The number of benzene rings is 2. The average molecular weight is 433 g/mol. The van der Waals surface area contributed by atoms with Crippen molar-refractivity contribution in [3.63, 3.8) is 0 Å². The molecule has 1 aliphatic heterocycles. The summed E-state index contributed by atoms with van der Waals surface area (Å²) in [6, 6.07) is 16.0. The lowest BCUT2D eigenvalue weighted by Crippen LogP contribution is -2.40. The van der Waals surface area contributed by atoms with Crippen molar-refractivity contribution in [2.75, 3.05) is 11.4 Å². The van der Waals surface area contributed by atoms with E-state index in [1.54, 1.807) is 19.2 Å². The molecule has 32 heavy (non-hydrogen) atoms. The quantitative estimate of drug-likeness (QED) is 0.496. The minimum absolute atomic E-state index is 0.236. The number of hydrogen-bond donors (Lipinski definition) is 0. The predicted octanol–water partition coefficient (Wildman–Crippen LogP) is 3.07. The molecule has 0 saturated heterocycles. The first-order valence-electron chi connectivity index (χ1n) is 10.7. The fourth-order valence-corrected chi connectivity index (χ4v) is 4.43. The van der Waals surface area contributed by atoms with Crippen molar-refractivity contribution in [3.05, 3.63) is 86.8 Å². The Hall–Kier alpha value is -3.68. The van der Waals surface area contributed by atoms with E-state index >= 15 is 0 Å². The van der Waals surface area contributed by atoms with Crippen LogP contribution in [-0.2, 0) is 26.6 Å². The molecule has 0 fully saturated rings. The molecular formula is C24H24FN5O2. The molecule has 0 N–H and O–H groups in total. The van der Waals surface area contributed by atoms with Crippen LogP contribution in [0.4, 0.5) is 16.0 Å². The van der Waals surface area contributed by atoms with E-state index in [1.807, 2.05) is 39.8 Å². The third-order valence-electron chi connectivity index (χ3n) is 6.05. The standard InChI is InChI=1S/C24H24FN5O2/c1-16-14-29(19-10-8-18(25)9-11-19)23-26-21-20(30(23)15-16)22(31)28(24(32)27(21)2)13-12-17-6-4-3-5-7-17/h3-11,16H,12-15H2,1-2H3/t16-/m1/s1. The molecule has 2 aromatic carbocycles. The summed E-state index contributed by atoms with van der Waals surface area (Å²) in [7, 11) is 1.65. The molecule has 0 unspecified atom stereocenters. The maximum atomic E-state index is 13.5. The SMILES string of the molecule is C[C@@H]1CN(c2ccc(F)cc2)c2nc3c(c(=O)n(CCc4ccccc4)c(=O)n3C)n2C1. The van der Waals surface area contributed by atoms with Crippen molar-refractivity contribution in [1.29, 1.82) is 0 Å². The van der Waals surface area contributed by atoms with Crippen LogP contribution in [0.1, 0.15) is 12.5 Å². The van der Waals surface area contributed by atoms with Crippen LogP contribution in [0.5, 0.6) is 0 Å². The fraction of sp³-hybridized carbons (Fsp3) is 0.292. The first kappa shape index (κ1) is 20.2. The molecule has 164 valence electrons. The topological polar surface area (TPSA) is 65.1 Å². The number of aromatic nitrogens is 4. The van der Waals surface area contributed by atoms with Gasteiger partial charge in [0.2, 0.25) is 5.95 Å². The first-order valence-corrected chi connectivity index (χ1v) is 10.7. The van der Waals surface area contributed by atoms with Gasteiger partial charge in [0.1, 0.15) is 5.82 Å². The van der Waals surface area contributed by atoms with Gasteiger partial charge in [0.15, 0.2) is 11.2 Å². The van der Waals surface area contributed by atoms with Gasteiger partial charge in [-0.05, 0) is 42.2 Å². The second kappa shape index (κ2) is 7.78. The highest BCUT2D eigenvalue weighted by Crippen LogP contribution is 2.32. The first-order chi connectivity index (χ1) is 15.4. The van der Waals surface area contributed by atoms with E-state index in [0.29, 0.717) is 43.2 Å². The molecule has 8 heteroatoms. The van der Waals surface area contributed by atoms with Gasteiger partial charge in [-0.1, -0.05) is 37.3 Å². The van der Waals surface area contributed by atoms with Crippen molar-refractivity contribution in [3.8, 4) is 0 Å². The lowest BCUT2D eigenvalue weighted by atomic mass is 10.1. The number of rotatable bonds is 4. The Morgan fingerprint density at radius 2 is 1.75 bits per heavy atom. The van der Waals surface area contributed by atoms with Gasteiger partial charge in [-0.15, -0.1) is 0 Å². The zero-order valence-electron chi connectivity index (χ0n) is 18.0. The van der Waals surface area contributed by atoms with Gasteiger partial charge in [-0.25, -0.2) is 9.18 Å². The maximum absolute atomic E-state index is 13.5. The Balaban J connectivity index is 1.65. The van der Waals surface area contributed by atoms with Crippen LogP contribution < -0.4 is 16.1 Å². The summed E-state index contributed by atoms with van der Waals surface area (Å²) in [4.78, 5) is 33.2. The molecule has 0 saturated carbocycles. The summed E-state index contributed by atoms with van der Waals surface area (Å²) >= 11 is 0. The molecule has 1 aliphatic rings. The lowest BCUT2D eigenvalue weighted by molar-refractivity contribution is 0.457. The average Bonchev–Trinajstić information content (AvgIpc) is 3.18. The zero-order valence-corrected chi connectivity index (χ0v) is 18.0. The molecule has 7 nitrogen and oxygen atoms in total. The Morgan fingerprint density at radius 1 is 1.03 bits per heavy atom. The molecule has 0 bridgehead atoms. The molecule has 0 amide bonds. The number of imidazole rings is 1. The number of nitrogens with zero attached hydrogens (tertiary/aromatic N) is 5. The molecule has 0 radical (unpaired) electrons. The summed E-state index contributed by atoms with van der Waals surface area (Å²) in [5, 5.41) is 0. The van der Waals surface area contributed by atoms with Crippen LogP contribution in [0.25, 0.3) is 11.2 Å². The summed E-state index contributed by atoms with van der Waals surface area (Å²) in [5.74, 6) is 0.521. The number of hydrogen-bond acceptors (Lipinski definition) is 4. The highest BCUT2D eigenvalue weighted by atomic mass is 19.1. The summed E-state index contributed by atoms with van der Waals surface area (Å²) in [5.41, 5.74) is 1.94. The van der Waals surface area contributed by atoms with E-state index in [9.17, 15) is 14.0 Å². The Bertz CT molecular complexity index is 1400. The molecule has 1 atom stereocenters. The molecule has 0 spiro atoms. The van der Waals surface area contributed by atoms with E-state index < -0.39 is 0 Å². The van der Waals surface area contributed by atoms with E-state index in [4.69, 9.17) is 4.98 Å². The van der Waals surface area contributed by atoms with Crippen molar-refractivity contribution in [2.45, 2.75) is 26.4 Å². The van der Waals surface area contributed by atoms with Gasteiger partial charge >= 0.3 is 5.69 Å². The molecule has 4 aromatic rings. The molecule has 3 heterocycles. The highest BCUT2D eigenvalue weighted by molar-refractivity contribution is 5.77. The van der Waals surface area contributed by atoms with Crippen LogP contribution in [0, 0.1) is 11.7 Å². The van der Waals surface area contributed by atoms with Crippen LogP contribution >= 0.6 is 0 Å². The molecular weight excluding hydrogens is 409 g/mol. The third kappa shape index (κ3) is 3.32. The van der Waals surface area contributed by atoms with Gasteiger partial charge in [-0.2, -0.15) is 4.98 Å². The van der Waals surface area contributed by atoms with E-state index in [1.165, 1.54) is 21.3 Å². The van der Waals surface area contributed by atoms with Gasteiger partial charge in [0, 0.05) is 32.4 Å². The smallest absolute Gasteiger partial charge is 0.312 e. The predicted molar refractivity (Wildman–Crippen MR) is 122 cm³/mol. The summed E-state index contributed by atoms with van der Waals surface area (Å²) in [6.07, 6.45) is 0.584. The Kier molecular flexibility index (Phi) is 4.92. The molecule has 0 aliphatic carbocycles. The molecule has 2 aromatic heterocycles. The van der Waals surface area contributed by atoms with Crippen molar-refractivity contribution in [1.82, 2.24) is 18.7 Å². The van der Waals surface area contributed by atoms with E-state index in [0.717, 1.165) is 11.3 Å². The lowest BCUT2D eigenvalue weighted by Gasteiger charge is -2.32. The zero-order chi connectivity index (χ0) is 22.4. The number of aryl methyl sites for hydroxylation is 2. The van der Waals surface area contributed by atoms with Gasteiger partial charge in [0.05, 0.1) is 0 Å². The highest BCUT2D eigenvalue weighted by Gasteiger charge is 2.29. The van der Waals surface area contributed by atoms with Crippen LogP contribution in [0.3, 0.4) is 0 Å². The second-order valence-electron chi connectivity index (χ2n) is 8.42. The summed E-state index contributed by atoms with van der Waals surface area (Å²) in [6.45, 7) is 3.70. The molecule has 5 rings (SSSR count). The Labute approximate surface area is 184 Å². The Morgan fingerprint density at radius 3 is 2.47 bits per heavy atom. The van der Waals surface area contributed by atoms with Crippen LogP contribution in [-0.4, -0.2) is 25.2 Å². The van der Waals surface area contributed by atoms with Crippen molar-refractivity contribution >= 4 is 22.8 Å². The van der Waals surface area contributed by atoms with Gasteiger partial charge < -0.3 is 9.47 Å². The maximum Gasteiger partial charge on any atom is 0.332 e. The van der Waals surface area contributed by atoms with Gasteiger partial charge in [0.25, 0.3) is 5.56 Å². The van der Waals surface area contributed by atoms with Gasteiger partial charge in [-0.3, -0.25) is 13.9 Å². The minimum atomic E-state index is -0.379. The number of anilines is 2. The number of halogens is 1. The third-order valence-corrected chi connectivity index (χ3v) is 6.05. The van der Waals surface area contributed by atoms with E-state index in [2.05, 4.69) is 6.92 Å². The minimum Gasteiger partial charge on any atom is -0.312 e. The summed E-state index contributed by atoms with van der Waals surface area (Å²) < 4.78 is 18.1.